The van der Waals surface area contributed by atoms with Gasteiger partial charge in [0.1, 0.15) is 5.82 Å². The fraction of sp³-hybridized carbons (Fsp3) is 0.357. The van der Waals surface area contributed by atoms with Crippen LogP contribution in [0.25, 0.3) is 11.0 Å². The predicted molar refractivity (Wildman–Crippen MR) is 147 cm³/mol. The van der Waals surface area contributed by atoms with Crippen LogP contribution in [0.4, 0.5) is 21.1 Å². The Hall–Kier alpha value is -4.41. The predicted octanol–water partition coefficient (Wildman–Crippen LogP) is 4.15. The van der Waals surface area contributed by atoms with Gasteiger partial charge < -0.3 is 28.7 Å². The number of aromatic nitrogens is 4. The van der Waals surface area contributed by atoms with Gasteiger partial charge in [-0.3, -0.25) is 0 Å². The van der Waals surface area contributed by atoms with E-state index in [1.807, 2.05) is 37.4 Å². The summed E-state index contributed by atoms with van der Waals surface area (Å²) in [5.74, 6) is 1.56. The minimum absolute atomic E-state index is 0.228. The number of fused-ring (bicyclic) bond motifs is 1. The molecule has 0 unspecified atom stereocenters. The van der Waals surface area contributed by atoms with Gasteiger partial charge in [0.25, 0.3) is 0 Å². The Morgan fingerprint density at radius 1 is 1.03 bits per heavy atom. The lowest BCUT2D eigenvalue weighted by Gasteiger charge is -2.37. The van der Waals surface area contributed by atoms with Crippen molar-refractivity contribution in [1.29, 1.82) is 0 Å². The fourth-order valence-electron chi connectivity index (χ4n) is 4.70. The Bertz CT molecular complexity index is 1420. The monoisotopic (exact) mass is 533 g/mol. The molecule has 5 rings (SSSR count). The third kappa shape index (κ3) is 6.02. The maximum absolute atomic E-state index is 13.5. The number of benzene rings is 2. The number of imidazole rings is 1. The summed E-state index contributed by atoms with van der Waals surface area (Å²) < 4.78 is 26.2. The Balaban J connectivity index is 1.25. The Labute approximate surface area is 226 Å². The van der Waals surface area contributed by atoms with E-state index in [1.165, 1.54) is 17.0 Å². The molecule has 204 valence electrons. The van der Waals surface area contributed by atoms with Gasteiger partial charge in [0.05, 0.1) is 17.6 Å². The van der Waals surface area contributed by atoms with Gasteiger partial charge in [0, 0.05) is 52.5 Å². The van der Waals surface area contributed by atoms with E-state index in [0.717, 1.165) is 48.5 Å². The first-order valence-electron chi connectivity index (χ1n) is 12.9. The number of carbonyl (C=O) groups excluding carboxylic acids is 1. The minimum Gasteiger partial charge on any atom is -0.440 e. The van der Waals surface area contributed by atoms with Gasteiger partial charge in [-0.05, 0) is 42.7 Å². The number of ether oxygens (including phenoxy) is 2. The summed E-state index contributed by atoms with van der Waals surface area (Å²) in [7, 11) is 5.19. The van der Waals surface area contributed by atoms with Crippen molar-refractivity contribution in [3.05, 3.63) is 72.2 Å². The molecule has 1 aliphatic rings. The second-order valence-electron chi connectivity index (χ2n) is 9.70. The van der Waals surface area contributed by atoms with Gasteiger partial charge >= 0.3 is 6.09 Å². The molecule has 0 bridgehead atoms. The molecule has 1 amide bonds. The number of nitrogens with zero attached hydrogens (tertiary/aromatic N) is 7. The van der Waals surface area contributed by atoms with Gasteiger partial charge in [-0.15, -0.1) is 0 Å². The maximum atomic E-state index is 13.5. The molecule has 0 atom stereocenters. The van der Waals surface area contributed by atoms with Crippen molar-refractivity contribution < 1.29 is 18.7 Å². The van der Waals surface area contributed by atoms with E-state index in [-0.39, 0.29) is 18.7 Å². The topological polar surface area (TPSA) is 88.9 Å². The molecule has 39 heavy (non-hydrogen) atoms. The molecular weight excluding hydrogens is 501 g/mol. The number of halogens is 1. The minimum atomic E-state index is -0.487. The van der Waals surface area contributed by atoms with Crippen molar-refractivity contribution in [3.8, 4) is 5.88 Å². The lowest BCUT2D eigenvalue weighted by atomic mass is 10.0. The highest BCUT2D eigenvalue weighted by atomic mass is 19.1. The number of carbonyl (C=O) groups is 1. The van der Waals surface area contributed by atoms with Crippen LogP contribution in [0.5, 0.6) is 5.88 Å². The molecule has 0 radical (unpaired) electrons. The van der Waals surface area contributed by atoms with E-state index in [0.29, 0.717) is 18.4 Å². The Morgan fingerprint density at radius 3 is 2.51 bits per heavy atom. The van der Waals surface area contributed by atoms with Crippen molar-refractivity contribution in [3.63, 3.8) is 0 Å². The van der Waals surface area contributed by atoms with Gasteiger partial charge in [-0.25, -0.2) is 19.2 Å². The van der Waals surface area contributed by atoms with E-state index < -0.39 is 6.09 Å². The average Bonchev–Trinajstić information content (AvgIpc) is 3.32. The summed E-state index contributed by atoms with van der Waals surface area (Å²) in [6.07, 6.45) is 2.94. The van der Waals surface area contributed by atoms with Crippen LogP contribution in [-0.2, 0) is 11.3 Å². The van der Waals surface area contributed by atoms with Crippen LogP contribution in [0.1, 0.15) is 18.4 Å². The van der Waals surface area contributed by atoms with Crippen LogP contribution in [0.15, 0.2) is 60.8 Å². The third-order valence-corrected chi connectivity index (χ3v) is 6.87. The van der Waals surface area contributed by atoms with Gasteiger partial charge in [0.2, 0.25) is 24.6 Å². The summed E-state index contributed by atoms with van der Waals surface area (Å²) >= 11 is 0. The SMILES string of the molecule is CN(C)C(=O)OCOc1ccnc(N(C)C2CCN(c3nc4ccccc4n3Cc3ccc(F)cc3)CC2)n1. The van der Waals surface area contributed by atoms with E-state index in [4.69, 9.17) is 14.5 Å². The lowest BCUT2D eigenvalue weighted by Crippen LogP contribution is -2.44. The lowest BCUT2D eigenvalue weighted by molar-refractivity contribution is 0.0409. The quantitative estimate of drug-likeness (QED) is 0.312. The molecule has 10 nitrogen and oxygen atoms in total. The first-order chi connectivity index (χ1) is 18.9. The van der Waals surface area contributed by atoms with Crippen molar-refractivity contribution >= 4 is 29.0 Å². The third-order valence-electron chi connectivity index (χ3n) is 6.87. The average molecular weight is 534 g/mol. The largest absolute Gasteiger partial charge is 0.440 e. The molecule has 2 aromatic carbocycles. The normalized spacial score (nSPS) is 13.9. The molecule has 0 spiro atoms. The highest BCUT2D eigenvalue weighted by molar-refractivity contribution is 5.79. The molecule has 11 heteroatoms. The smallest absolute Gasteiger partial charge is 0.412 e. The fourth-order valence-corrected chi connectivity index (χ4v) is 4.70. The maximum Gasteiger partial charge on any atom is 0.412 e. The summed E-state index contributed by atoms with van der Waals surface area (Å²) in [6.45, 7) is 2.02. The van der Waals surface area contributed by atoms with Crippen molar-refractivity contribution in [2.24, 2.45) is 0 Å². The highest BCUT2D eigenvalue weighted by Gasteiger charge is 2.27. The van der Waals surface area contributed by atoms with Gasteiger partial charge in [-0.1, -0.05) is 24.3 Å². The summed E-state index contributed by atoms with van der Waals surface area (Å²) in [5.41, 5.74) is 3.01. The number of amides is 1. The second kappa shape index (κ2) is 11.5. The molecule has 4 aromatic rings. The molecule has 3 heterocycles. The number of piperidine rings is 1. The summed E-state index contributed by atoms with van der Waals surface area (Å²) in [6, 6.07) is 16.6. The van der Waals surface area contributed by atoms with Crippen LogP contribution >= 0.6 is 0 Å². The number of para-hydroxylation sites is 2. The van der Waals surface area contributed by atoms with Crippen molar-refractivity contribution in [2.75, 3.05) is 50.8 Å². The second-order valence-corrected chi connectivity index (χ2v) is 9.70. The highest BCUT2D eigenvalue weighted by Crippen LogP contribution is 2.28. The Morgan fingerprint density at radius 2 is 1.77 bits per heavy atom. The number of hydrogen-bond donors (Lipinski definition) is 0. The Kier molecular flexibility index (Phi) is 7.76. The van der Waals surface area contributed by atoms with Gasteiger partial charge in [0.15, 0.2) is 0 Å². The van der Waals surface area contributed by atoms with E-state index in [9.17, 15) is 9.18 Å². The molecule has 1 saturated heterocycles. The van der Waals surface area contributed by atoms with Crippen LogP contribution in [0.3, 0.4) is 0 Å². The van der Waals surface area contributed by atoms with Gasteiger partial charge in [-0.2, -0.15) is 4.98 Å². The van der Waals surface area contributed by atoms with Crippen LogP contribution < -0.4 is 14.5 Å². The molecule has 1 fully saturated rings. The number of anilines is 2. The molecule has 1 aliphatic heterocycles. The van der Waals surface area contributed by atoms with Crippen LogP contribution in [0.2, 0.25) is 0 Å². The zero-order valence-corrected chi connectivity index (χ0v) is 22.3. The molecule has 2 aromatic heterocycles. The molecular formula is C28H32FN7O3. The number of hydrogen-bond acceptors (Lipinski definition) is 8. The van der Waals surface area contributed by atoms with E-state index >= 15 is 0 Å². The zero-order valence-electron chi connectivity index (χ0n) is 22.3. The first-order valence-corrected chi connectivity index (χ1v) is 12.9. The standard InChI is InChI=1S/C28H32FN7O3/c1-33(2)28(37)39-19-38-25-12-15-30-26(32-25)34(3)22-13-16-35(17-14-22)27-31-23-6-4-5-7-24(23)36(27)18-20-8-10-21(29)11-9-20/h4-12,15,22H,13-14,16-19H2,1-3H3. The van der Waals surface area contributed by atoms with E-state index in [1.54, 1.807) is 26.4 Å². The molecule has 0 aliphatic carbocycles. The van der Waals surface area contributed by atoms with Crippen LogP contribution in [-0.4, -0.2) is 77.6 Å². The molecule has 0 N–H and O–H groups in total. The van der Waals surface area contributed by atoms with Crippen LogP contribution in [0, 0.1) is 5.82 Å². The van der Waals surface area contributed by atoms with Crippen molar-refractivity contribution in [1.82, 2.24) is 24.4 Å². The number of rotatable bonds is 8. The zero-order chi connectivity index (χ0) is 27.4. The first kappa shape index (κ1) is 26.2. The summed E-state index contributed by atoms with van der Waals surface area (Å²) in [4.78, 5) is 31.2. The van der Waals surface area contributed by atoms with Crippen molar-refractivity contribution in [2.45, 2.75) is 25.4 Å². The van der Waals surface area contributed by atoms with E-state index in [2.05, 4.69) is 30.4 Å². The molecule has 0 saturated carbocycles. The summed E-state index contributed by atoms with van der Waals surface area (Å²) in [5, 5.41) is 0.